The predicted octanol–water partition coefficient (Wildman–Crippen LogP) is 10.8. The van der Waals surface area contributed by atoms with E-state index < -0.39 is 0 Å². The number of para-hydroxylation sites is 1. The van der Waals surface area contributed by atoms with Crippen LogP contribution in [-0.2, 0) is 0 Å². The summed E-state index contributed by atoms with van der Waals surface area (Å²) in [5.74, 6) is 0.251. The molecule has 2 nitrogen and oxygen atoms in total. The summed E-state index contributed by atoms with van der Waals surface area (Å²) in [4.78, 5) is 6.98. The lowest BCUT2D eigenvalue weighted by Gasteiger charge is -2.27. The van der Waals surface area contributed by atoms with Crippen LogP contribution in [0.25, 0.3) is 49.0 Å². The van der Waals surface area contributed by atoms with Crippen LogP contribution < -0.4 is 4.90 Å². The maximum atomic E-state index is 4.57. The molecule has 2 heteroatoms. The van der Waals surface area contributed by atoms with Crippen LogP contribution in [0.15, 0.2) is 158 Å². The summed E-state index contributed by atoms with van der Waals surface area (Å²) >= 11 is 0. The van der Waals surface area contributed by atoms with Crippen molar-refractivity contribution >= 4 is 49.3 Å². The van der Waals surface area contributed by atoms with Gasteiger partial charge in [-0.25, -0.2) is 0 Å². The molecule has 43 heavy (non-hydrogen) atoms. The van der Waals surface area contributed by atoms with Gasteiger partial charge in [0.25, 0.3) is 0 Å². The zero-order valence-corrected chi connectivity index (χ0v) is 23.6. The zero-order chi connectivity index (χ0) is 28.3. The minimum Gasteiger partial charge on any atom is -0.313 e. The van der Waals surface area contributed by atoms with E-state index in [1.165, 1.54) is 77.2 Å². The highest BCUT2D eigenvalue weighted by Gasteiger charge is 2.37. The van der Waals surface area contributed by atoms with Gasteiger partial charge in [0.05, 0.1) is 5.69 Å². The molecule has 0 radical (unpaired) electrons. The van der Waals surface area contributed by atoms with Crippen LogP contribution in [0.3, 0.4) is 0 Å². The molecule has 0 N–H and O–H groups in total. The number of nitrogens with zero attached hydrogens (tertiary/aromatic N) is 2. The van der Waals surface area contributed by atoms with Crippen molar-refractivity contribution in [2.45, 2.75) is 12.3 Å². The van der Waals surface area contributed by atoms with Crippen molar-refractivity contribution in [1.82, 2.24) is 4.98 Å². The Morgan fingerprint density at radius 1 is 0.581 bits per heavy atom. The van der Waals surface area contributed by atoms with Crippen molar-refractivity contribution in [3.05, 3.63) is 169 Å². The van der Waals surface area contributed by atoms with E-state index in [2.05, 4.69) is 156 Å². The van der Waals surface area contributed by atoms with Gasteiger partial charge in [-0.2, -0.15) is 0 Å². The summed E-state index contributed by atoms with van der Waals surface area (Å²) in [5, 5.41) is 7.72. The van der Waals surface area contributed by atoms with Gasteiger partial charge in [-0.3, -0.25) is 4.98 Å². The molecule has 0 saturated heterocycles. The Labute approximate surface area is 250 Å². The van der Waals surface area contributed by atoms with Crippen LogP contribution in [-0.4, -0.2) is 4.98 Å². The van der Waals surface area contributed by atoms with Crippen LogP contribution in [0, 0.1) is 0 Å². The molecule has 7 aromatic rings. The third-order valence-electron chi connectivity index (χ3n) is 9.24. The van der Waals surface area contributed by atoms with E-state index in [0.717, 1.165) is 6.42 Å². The highest BCUT2D eigenvalue weighted by molar-refractivity contribution is 6.19. The summed E-state index contributed by atoms with van der Waals surface area (Å²) in [5.41, 5.74) is 10.3. The Morgan fingerprint density at radius 2 is 1.23 bits per heavy atom. The van der Waals surface area contributed by atoms with Crippen molar-refractivity contribution in [3.63, 3.8) is 0 Å². The van der Waals surface area contributed by atoms with Gasteiger partial charge >= 0.3 is 0 Å². The van der Waals surface area contributed by atoms with Gasteiger partial charge in [-0.1, -0.05) is 109 Å². The number of fused-ring (bicyclic) bond motifs is 6. The first kappa shape index (κ1) is 24.2. The van der Waals surface area contributed by atoms with Gasteiger partial charge in [0.2, 0.25) is 0 Å². The number of pyridine rings is 1. The Morgan fingerprint density at radius 3 is 1.98 bits per heavy atom. The summed E-state index contributed by atoms with van der Waals surface area (Å²) < 4.78 is 0. The standard InChI is InChI=1S/C41H28N2/c1-2-12-31(13-3-1)43-38-21-20-30(25-36(38)37-26-42-23-22-39(37)43)41-34-16-8-6-14-32(34)40(33-15-7-9-17-35(33)41)29-19-18-27-10-4-5-11-28(27)24-29/h1-24,26,36H,25H2. The highest BCUT2D eigenvalue weighted by atomic mass is 15.2. The lowest BCUT2D eigenvalue weighted by Crippen LogP contribution is -2.15. The van der Waals surface area contributed by atoms with Crippen molar-refractivity contribution in [1.29, 1.82) is 0 Å². The van der Waals surface area contributed by atoms with E-state index in [4.69, 9.17) is 0 Å². The summed E-state index contributed by atoms with van der Waals surface area (Å²) in [7, 11) is 0. The molecule has 2 heterocycles. The normalized spacial score (nSPS) is 15.8. The topological polar surface area (TPSA) is 16.1 Å². The maximum absolute atomic E-state index is 4.57. The van der Waals surface area contributed by atoms with Crippen molar-refractivity contribution < 1.29 is 0 Å². The molecule has 1 aliphatic carbocycles. The predicted molar refractivity (Wildman–Crippen MR) is 181 cm³/mol. The molecule has 9 rings (SSSR count). The Hall–Kier alpha value is -5.47. The molecule has 0 bridgehead atoms. The molecule has 0 amide bonds. The van der Waals surface area contributed by atoms with Crippen LogP contribution in [0.2, 0.25) is 0 Å². The fourth-order valence-electron chi connectivity index (χ4n) is 7.39. The summed E-state index contributed by atoms with van der Waals surface area (Å²) in [6.07, 6.45) is 9.62. The van der Waals surface area contributed by atoms with Gasteiger partial charge in [-0.15, -0.1) is 0 Å². The van der Waals surface area contributed by atoms with Gasteiger partial charge in [0, 0.05) is 35.3 Å². The SMILES string of the molecule is C1=C(c2c3ccccc3c(-c3ccc4ccccc4c3)c3ccccc23)CC2C(=C1)N(c1ccccc1)c1ccncc12. The molecule has 0 spiro atoms. The monoisotopic (exact) mass is 548 g/mol. The summed E-state index contributed by atoms with van der Waals surface area (Å²) in [6.45, 7) is 0. The molecule has 202 valence electrons. The molecule has 1 unspecified atom stereocenters. The quantitative estimate of drug-likeness (QED) is 0.204. The number of anilines is 2. The Kier molecular flexibility index (Phi) is 5.36. The van der Waals surface area contributed by atoms with E-state index in [0.29, 0.717) is 0 Å². The average Bonchev–Trinajstić information content (AvgIpc) is 3.41. The lowest BCUT2D eigenvalue weighted by molar-refractivity contribution is 0.830. The van der Waals surface area contributed by atoms with Crippen molar-refractivity contribution in [2.24, 2.45) is 0 Å². The molecule has 6 aromatic carbocycles. The molecule has 1 atom stereocenters. The highest BCUT2D eigenvalue weighted by Crippen LogP contribution is 2.53. The van der Waals surface area contributed by atoms with Gasteiger partial charge in [0.15, 0.2) is 0 Å². The van der Waals surface area contributed by atoms with E-state index in [-0.39, 0.29) is 5.92 Å². The third kappa shape index (κ3) is 3.70. The molecule has 2 aliphatic rings. The van der Waals surface area contributed by atoms with Crippen LogP contribution in [0.5, 0.6) is 0 Å². The Bertz CT molecular complexity index is 2220. The number of hydrogen-bond acceptors (Lipinski definition) is 2. The molecular weight excluding hydrogens is 520 g/mol. The second kappa shape index (κ2) is 9.54. The van der Waals surface area contributed by atoms with Crippen molar-refractivity contribution in [3.8, 4) is 11.1 Å². The lowest BCUT2D eigenvalue weighted by atomic mass is 9.80. The fourth-order valence-corrected chi connectivity index (χ4v) is 7.39. The van der Waals surface area contributed by atoms with E-state index >= 15 is 0 Å². The van der Waals surface area contributed by atoms with Gasteiger partial charge in [-0.05, 0) is 91.3 Å². The molecule has 0 saturated carbocycles. The first-order valence-corrected chi connectivity index (χ1v) is 15.0. The average molecular weight is 549 g/mol. The van der Waals surface area contributed by atoms with Crippen LogP contribution >= 0.6 is 0 Å². The number of hydrogen-bond donors (Lipinski definition) is 0. The Balaban J connectivity index is 1.27. The van der Waals surface area contributed by atoms with Crippen LogP contribution in [0.4, 0.5) is 11.4 Å². The first-order valence-electron chi connectivity index (χ1n) is 15.0. The molecule has 0 fully saturated rings. The number of allylic oxidation sites excluding steroid dienone is 4. The van der Waals surface area contributed by atoms with E-state index in [1.54, 1.807) is 0 Å². The largest absolute Gasteiger partial charge is 0.313 e. The fraction of sp³-hybridized carbons (Fsp3) is 0.0488. The minimum atomic E-state index is 0.251. The number of aromatic nitrogens is 1. The number of rotatable bonds is 3. The first-order chi connectivity index (χ1) is 21.3. The van der Waals surface area contributed by atoms with Gasteiger partial charge < -0.3 is 4.90 Å². The number of benzene rings is 6. The maximum Gasteiger partial charge on any atom is 0.0528 e. The second-order valence-corrected chi connectivity index (χ2v) is 11.5. The smallest absolute Gasteiger partial charge is 0.0528 e. The second-order valence-electron chi connectivity index (χ2n) is 11.5. The molecular formula is C41H28N2. The van der Waals surface area contributed by atoms with Gasteiger partial charge in [0.1, 0.15) is 0 Å². The third-order valence-corrected chi connectivity index (χ3v) is 9.24. The van der Waals surface area contributed by atoms with E-state index in [1.807, 2.05) is 6.20 Å². The van der Waals surface area contributed by atoms with Crippen molar-refractivity contribution in [2.75, 3.05) is 4.90 Å². The molecule has 1 aromatic heterocycles. The zero-order valence-electron chi connectivity index (χ0n) is 23.6. The molecule has 1 aliphatic heterocycles. The van der Waals surface area contributed by atoms with E-state index in [9.17, 15) is 0 Å². The van der Waals surface area contributed by atoms with Crippen LogP contribution in [0.1, 0.15) is 23.5 Å². The summed E-state index contributed by atoms with van der Waals surface area (Å²) in [6, 6.07) is 46.3. The minimum absolute atomic E-state index is 0.251.